The highest BCUT2D eigenvalue weighted by Gasteiger charge is 2.13. The number of hydrogen-bond donors (Lipinski definition) is 1. The Hall–Kier alpha value is -1.82. The zero-order chi connectivity index (χ0) is 12.3. The third kappa shape index (κ3) is 2.85. The van der Waals surface area contributed by atoms with Crippen molar-refractivity contribution in [1.29, 1.82) is 0 Å². The molecule has 1 N–H and O–H groups in total. The third-order valence-electron chi connectivity index (χ3n) is 2.15. The van der Waals surface area contributed by atoms with Crippen LogP contribution in [0.5, 0.6) is 0 Å². The van der Waals surface area contributed by atoms with Gasteiger partial charge in [-0.1, -0.05) is 11.8 Å². The van der Waals surface area contributed by atoms with Gasteiger partial charge in [0.2, 0.25) is 5.76 Å². The SMILES string of the molecule is Cc1oc(C(=O)O)cc1CSc1cnccn1. The average Bonchev–Trinajstić information content (AvgIpc) is 2.70. The first kappa shape index (κ1) is 11.7. The number of hydrogen-bond acceptors (Lipinski definition) is 5. The van der Waals surface area contributed by atoms with Gasteiger partial charge in [0, 0.05) is 23.7 Å². The van der Waals surface area contributed by atoms with E-state index in [1.54, 1.807) is 31.6 Å². The predicted molar refractivity (Wildman–Crippen MR) is 62.0 cm³/mol. The van der Waals surface area contributed by atoms with Crippen LogP contribution in [0.1, 0.15) is 21.9 Å². The molecule has 2 aromatic rings. The number of carbonyl (C=O) groups is 1. The average molecular weight is 250 g/mol. The molecule has 0 saturated carbocycles. The highest BCUT2D eigenvalue weighted by atomic mass is 32.2. The van der Waals surface area contributed by atoms with Crippen molar-refractivity contribution in [3.63, 3.8) is 0 Å². The number of nitrogens with zero attached hydrogens (tertiary/aromatic N) is 2. The Morgan fingerprint density at radius 3 is 2.94 bits per heavy atom. The summed E-state index contributed by atoms with van der Waals surface area (Å²) >= 11 is 1.49. The molecule has 0 aliphatic rings. The minimum Gasteiger partial charge on any atom is -0.475 e. The van der Waals surface area contributed by atoms with Gasteiger partial charge in [0.25, 0.3) is 0 Å². The van der Waals surface area contributed by atoms with Crippen molar-refractivity contribution in [2.75, 3.05) is 0 Å². The summed E-state index contributed by atoms with van der Waals surface area (Å²) in [5.74, 6) is 0.154. The molecule has 0 saturated heterocycles. The fourth-order valence-electron chi connectivity index (χ4n) is 1.28. The van der Waals surface area contributed by atoms with Gasteiger partial charge in [-0.2, -0.15) is 0 Å². The molecule has 88 valence electrons. The number of carboxylic acids is 1. The Balaban J connectivity index is 2.07. The highest BCUT2D eigenvalue weighted by molar-refractivity contribution is 7.98. The highest BCUT2D eigenvalue weighted by Crippen LogP contribution is 2.24. The van der Waals surface area contributed by atoms with Gasteiger partial charge in [-0.15, -0.1) is 0 Å². The van der Waals surface area contributed by atoms with E-state index >= 15 is 0 Å². The van der Waals surface area contributed by atoms with E-state index in [-0.39, 0.29) is 5.76 Å². The lowest BCUT2D eigenvalue weighted by Crippen LogP contribution is -1.91. The molecule has 17 heavy (non-hydrogen) atoms. The summed E-state index contributed by atoms with van der Waals surface area (Å²) in [6.45, 7) is 1.75. The largest absolute Gasteiger partial charge is 0.475 e. The molecule has 5 nitrogen and oxygen atoms in total. The Bertz CT molecular complexity index is 525. The van der Waals surface area contributed by atoms with Gasteiger partial charge < -0.3 is 9.52 Å². The summed E-state index contributed by atoms with van der Waals surface area (Å²) in [5.41, 5.74) is 0.859. The van der Waals surface area contributed by atoms with Gasteiger partial charge in [-0.25, -0.2) is 9.78 Å². The molecule has 0 spiro atoms. The van der Waals surface area contributed by atoms with Crippen LogP contribution in [0.25, 0.3) is 0 Å². The van der Waals surface area contributed by atoms with Crippen LogP contribution in [0.15, 0.2) is 34.1 Å². The maximum Gasteiger partial charge on any atom is 0.371 e. The van der Waals surface area contributed by atoms with Crippen LogP contribution in [0.2, 0.25) is 0 Å². The zero-order valence-electron chi connectivity index (χ0n) is 9.08. The van der Waals surface area contributed by atoms with E-state index in [0.29, 0.717) is 11.5 Å². The summed E-state index contributed by atoms with van der Waals surface area (Å²) in [5, 5.41) is 9.58. The second kappa shape index (κ2) is 5.01. The molecule has 0 aliphatic carbocycles. The normalized spacial score (nSPS) is 10.4. The molecule has 0 fully saturated rings. The van der Waals surface area contributed by atoms with Crippen LogP contribution in [0.3, 0.4) is 0 Å². The number of carboxylic acid groups (broad SMARTS) is 1. The second-order valence-corrected chi connectivity index (χ2v) is 4.33. The summed E-state index contributed by atoms with van der Waals surface area (Å²) < 4.78 is 5.12. The van der Waals surface area contributed by atoms with E-state index in [4.69, 9.17) is 9.52 Å². The van der Waals surface area contributed by atoms with Crippen LogP contribution < -0.4 is 0 Å². The number of aromatic carboxylic acids is 1. The minimum absolute atomic E-state index is 0.0303. The van der Waals surface area contributed by atoms with Crippen molar-refractivity contribution < 1.29 is 14.3 Å². The molecular weight excluding hydrogens is 240 g/mol. The molecule has 0 bridgehead atoms. The Morgan fingerprint density at radius 2 is 2.35 bits per heavy atom. The van der Waals surface area contributed by atoms with Crippen LogP contribution in [0.4, 0.5) is 0 Å². The Morgan fingerprint density at radius 1 is 1.53 bits per heavy atom. The van der Waals surface area contributed by atoms with E-state index < -0.39 is 5.97 Å². The van der Waals surface area contributed by atoms with E-state index in [2.05, 4.69) is 9.97 Å². The van der Waals surface area contributed by atoms with Gasteiger partial charge in [0.05, 0.1) is 6.20 Å². The topological polar surface area (TPSA) is 76.2 Å². The molecule has 0 amide bonds. The standard InChI is InChI=1S/C11H10N2O3S/c1-7-8(4-9(16-7)11(14)15)6-17-10-5-12-2-3-13-10/h2-5H,6H2,1H3,(H,14,15). The summed E-state index contributed by atoms with van der Waals surface area (Å²) in [7, 11) is 0. The number of aryl methyl sites for hydroxylation is 1. The predicted octanol–water partition coefficient (Wildman–Crippen LogP) is 2.37. The molecule has 0 atom stereocenters. The fraction of sp³-hybridized carbons (Fsp3) is 0.182. The summed E-state index contributed by atoms with van der Waals surface area (Å²) in [4.78, 5) is 18.8. The molecule has 0 radical (unpaired) electrons. The molecule has 6 heteroatoms. The molecule has 2 aromatic heterocycles. The maximum atomic E-state index is 10.7. The minimum atomic E-state index is -1.05. The Kier molecular flexibility index (Phi) is 3.43. The monoisotopic (exact) mass is 250 g/mol. The van der Waals surface area contributed by atoms with Gasteiger partial charge in [-0.05, 0) is 13.0 Å². The molecule has 0 aliphatic heterocycles. The fourth-order valence-corrected chi connectivity index (χ4v) is 2.14. The lowest BCUT2D eigenvalue weighted by molar-refractivity contribution is 0.0661. The number of rotatable bonds is 4. The molecular formula is C11H10N2O3S. The zero-order valence-corrected chi connectivity index (χ0v) is 9.90. The quantitative estimate of drug-likeness (QED) is 0.839. The molecule has 0 unspecified atom stereocenters. The van der Waals surface area contributed by atoms with Crippen LogP contribution in [-0.4, -0.2) is 21.0 Å². The summed E-state index contributed by atoms with van der Waals surface area (Å²) in [6.07, 6.45) is 4.89. The van der Waals surface area contributed by atoms with Gasteiger partial charge in [0.1, 0.15) is 10.8 Å². The number of thioether (sulfide) groups is 1. The van der Waals surface area contributed by atoms with Crippen LogP contribution in [0, 0.1) is 6.92 Å². The van der Waals surface area contributed by atoms with E-state index in [0.717, 1.165) is 10.6 Å². The third-order valence-corrected chi connectivity index (χ3v) is 3.11. The summed E-state index contributed by atoms with van der Waals surface area (Å²) in [6, 6.07) is 1.54. The van der Waals surface area contributed by atoms with E-state index in [1.165, 1.54) is 11.8 Å². The van der Waals surface area contributed by atoms with Crippen molar-refractivity contribution in [3.05, 3.63) is 41.7 Å². The Labute approximate surface area is 102 Å². The van der Waals surface area contributed by atoms with E-state index in [9.17, 15) is 4.79 Å². The molecule has 2 rings (SSSR count). The molecule has 0 aromatic carbocycles. The van der Waals surface area contributed by atoms with Crippen molar-refractivity contribution in [3.8, 4) is 0 Å². The van der Waals surface area contributed by atoms with Gasteiger partial charge in [0.15, 0.2) is 0 Å². The van der Waals surface area contributed by atoms with Gasteiger partial charge in [-0.3, -0.25) is 4.98 Å². The smallest absolute Gasteiger partial charge is 0.371 e. The lowest BCUT2D eigenvalue weighted by Gasteiger charge is -1.97. The number of aromatic nitrogens is 2. The first-order chi connectivity index (χ1) is 8.16. The van der Waals surface area contributed by atoms with Crippen LogP contribution >= 0.6 is 11.8 Å². The maximum absolute atomic E-state index is 10.7. The van der Waals surface area contributed by atoms with Crippen LogP contribution in [-0.2, 0) is 5.75 Å². The lowest BCUT2D eigenvalue weighted by atomic mass is 10.3. The van der Waals surface area contributed by atoms with Crippen molar-refractivity contribution >= 4 is 17.7 Å². The second-order valence-electron chi connectivity index (χ2n) is 3.33. The van der Waals surface area contributed by atoms with Crippen molar-refractivity contribution in [2.24, 2.45) is 0 Å². The van der Waals surface area contributed by atoms with E-state index in [1.807, 2.05) is 0 Å². The van der Waals surface area contributed by atoms with Gasteiger partial charge >= 0.3 is 5.97 Å². The first-order valence-electron chi connectivity index (χ1n) is 4.88. The first-order valence-corrected chi connectivity index (χ1v) is 5.87. The van der Waals surface area contributed by atoms with Crippen molar-refractivity contribution in [2.45, 2.75) is 17.7 Å². The van der Waals surface area contributed by atoms with Crippen molar-refractivity contribution in [1.82, 2.24) is 9.97 Å². The number of furan rings is 1. The molecule has 2 heterocycles.